The predicted molar refractivity (Wildman–Crippen MR) is 121 cm³/mol. The predicted octanol–water partition coefficient (Wildman–Crippen LogP) is 4.55. The van der Waals surface area contributed by atoms with Crippen LogP contribution in [-0.4, -0.2) is 30.2 Å². The van der Waals surface area contributed by atoms with E-state index in [-0.39, 0.29) is 11.3 Å². The highest BCUT2D eigenvalue weighted by atomic mass is 35.5. The van der Waals surface area contributed by atoms with Crippen LogP contribution in [-0.2, 0) is 21.5 Å². The van der Waals surface area contributed by atoms with Crippen molar-refractivity contribution in [1.82, 2.24) is 9.88 Å². The normalized spacial score (nSPS) is 15.8. The number of hydrogen-bond acceptors (Lipinski definition) is 4. The molecule has 3 aromatic rings. The van der Waals surface area contributed by atoms with Crippen molar-refractivity contribution in [3.05, 3.63) is 68.6 Å². The lowest BCUT2D eigenvalue weighted by atomic mass is 9.74. The van der Waals surface area contributed by atoms with Gasteiger partial charge in [-0.3, -0.25) is 9.36 Å². The summed E-state index contributed by atoms with van der Waals surface area (Å²) in [5.41, 5.74) is 2.00. The minimum atomic E-state index is -0.403. The molecule has 8 heteroatoms. The molecular weight excluding hydrogens is 439 g/mol. The van der Waals surface area contributed by atoms with Gasteiger partial charge in [-0.15, -0.1) is 0 Å². The van der Waals surface area contributed by atoms with Gasteiger partial charge >= 0.3 is 5.76 Å². The molecule has 0 spiro atoms. The summed E-state index contributed by atoms with van der Waals surface area (Å²) in [6, 6.07) is 12.8. The van der Waals surface area contributed by atoms with E-state index in [0.29, 0.717) is 54.8 Å². The largest absolute Gasteiger partial charge is 0.419 e. The maximum atomic E-state index is 12.6. The van der Waals surface area contributed by atoms with E-state index < -0.39 is 5.76 Å². The molecule has 0 aliphatic carbocycles. The number of aryl methyl sites for hydroxylation is 1. The van der Waals surface area contributed by atoms with E-state index in [2.05, 4.69) is 5.32 Å². The third-order valence-electron chi connectivity index (χ3n) is 5.94. The van der Waals surface area contributed by atoms with E-state index in [1.54, 1.807) is 16.7 Å². The number of hydrogen-bond donors (Lipinski definition) is 1. The molecule has 0 saturated carbocycles. The fourth-order valence-corrected chi connectivity index (χ4v) is 4.81. The van der Waals surface area contributed by atoms with Crippen molar-refractivity contribution in [3.8, 4) is 0 Å². The fourth-order valence-electron chi connectivity index (χ4n) is 4.20. The van der Waals surface area contributed by atoms with Crippen LogP contribution in [0.15, 0.2) is 51.7 Å². The standard InChI is InChI=1S/C23H24Cl2N2O4/c24-16-7-8-17(18(25)14-16)23(9-12-30-13-10-23)15-26-21(28)6-3-11-27-19-4-1-2-5-20(19)31-22(27)29/h1-2,4-5,7-8,14H,3,6,9-13,15H2,(H,26,28). The van der Waals surface area contributed by atoms with Gasteiger partial charge in [-0.2, -0.15) is 0 Å². The Bertz CT molecular complexity index is 1130. The van der Waals surface area contributed by atoms with Crippen LogP contribution in [0.3, 0.4) is 0 Å². The van der Waals surface area contributed by atoms with Crippen LogP contribution in [0.25, 0.3) is 11.1 Å². The number of rotatable bonds is 7. The average Bonchev–Trinajstić information content (AvgIpc) is 3.08. The average molecular weight is 463 g/mol. The molecule has 1 aliphatic heterocycles. The molecule has 1 N–H and O–H groups in total. The SMILES string of the molecule is O=C(CCCn1c(=O)oc2ccccc21)NCC1(c2ccc(Cl)cc2Cl)CCOCC1. The number of fused-ring (bicyclic) bond motifs is 1. The van der Waals surface area contributed by atoms with E-state index in [9.17, 15) is 9.59 Å². The molecule has 1 saturated heterocycles. The highest BCUT2D eigenvalue weighted by Crippen LogP contribution is 2.39. The number of carbonyl (C=O) groups excluding carboxylic acids is 1. The Morgan fingerprint density at radius 3 is 2.68 bits per heavy atom. The molecule has 164 valence electrons. The van der Waals surface area contributed by atoms with Crippen LogP contribution in [0.5, 0.6) is 0 Å². The van der Waals surface area contributed by atoms with Gasteiger partial charge in [-0.25, -0.2) is 4.79 Å². The first-order valence-corrected chi connectivity index (χ1v) is 11.1. The van der Waals surface area contributed by atoms with Crippen LogP contribution in [0.4, 0.5) is 0 Å². The first-order valence-electron chi connectivity index (χ1n) is 10.4. The molecule has 4 rings (SSSR count). The summed E-state index contributed by atoms with van der Waals surface area (Å²) in [6.07, 6.45) is 2.38. The summed E-state index contributed by atoms with van der Waals surface area (Å²) in [7, 11) is 0. The van der Waals surface area contributed by atoms with Crippen LogP contribution >= 0.6 is 23.2 Å². The van der Waals surface area contributed by atoms with Crippen LogP contribution in [0.2, 0.25) is 10.0 Å². The third-order valence-corrected chi connectivity index (χ3v) is 6.48. The zero-order valence-electron chi connectivity index (χ0n) is 17.0. The maximum Gasteiger partial charge on any atom is 0.419 e. The van der Waals surface area contributed by atoms with E-state index in [1.807, 2.05) is 30.3 Å². The molecule has 6 nitrogen and oxygen atoms in total. The summed E-state index contributed by atoms with van der Waals surface area (Å²) in [4.78, 5) is 24.6. The minimum Gasteiger partial charge on any atom is -0.408 e. The summed E-state index contributed by atoms with van der Waals surface area (Å²) in [5.74, 6) is -0.461. The molecule has 0 radical (unpaired) electrons. The second-order valence-corrected chi connectivity index (χ2v) is 8.73. The summed E-state index contributed by atoms with van der Waals surface area (Å²) in [5, 5.41) is 4.26. The number of nitrogens with zero attached hydrogens (tertiary/aromatic N) is 1. The number of carbonyl (C=O) groups is 1. The smallest absolute Gasteiger partial charge is 0.408 e. The van der Waals surface area contributed by atoms with E-state index >= 15 is 0 Å². The molecule has 1 aromatic heterocycles. The van der Waals surface area contributed by atoms with Gasteiger partial charge < -0.3 is 14.5 Å². The van der Waals surface area contributed by atoms with Crippen molar-refractivity contribution < 1.29 is 13.9 Å². The number of benzene rings is 2. The molecule has 2 aromatic carbocycles. The van der Waals surface area contributed by atoms with Gasteiger partial charge in [0.1, 0.15) is 0 Å². The Morgan fingerprint density at radius 2 is 1.90 bits per heavy atom. The van der Waals surface area contributed by atoms with Gasteiger partial charge in [0, 0.05) is 48.2 Å². The lowest BCUT2D eigenvalue weighted by Crippen LogP contribution is -2.44. The maximum absolute atomic E-state index is 12.6. The Labute approximate surface area is 190 Å². The van der Waals surface area contributed by atoms with E-state index in [0.717, 1.165) is 23.9 Å². The third kappa shape index (κ3) is 4.81. The first kappa shape index (κ1) is 21.9. The van der Waals surface area contributed by atoms with Crippen molar-refractivity contribution in [2.45, 2.75) is 37.6 Å². The van der Waals surface area contributed by atoms with Gasteiger partial charge in [0.2, 0.25) is 5.91 Å². The van der Waals surface area contributed by atoms with Crippen molar-refractivity contribution >= 4 is 40.2 Å². The van der Waals surface area contributed by atoms with Crippen LogP contribution in [0.1, 0.15) is 31.2 Å². The molecule has 0 atom stereocenters. The van der Waals surface area contributed by atoms with Crippen molar-refractivity contribution in [3.63, 3.8) is 0 Å². The lowest BCUT2D eigenvalue weighted by Gasteiger charge is -2.38. The second kappa shape index (κ2) is 9.47. The minimum absolute atomic E-state index is 0.0585. The van der Waals surface area contributed by atoms with Crippen LogP contribution < -0.4 is 11.1 Å². The number of amides is 1. The fraction of sp³-hybridized carbons (Fsp3) is 0.391. The molecule has 1 fully saturated rings. The molecule has 31 heavy (non-hydrogen) atoms. The number of aromatic nitrogens is 1. The van der Waals surface area contributed by atoms with Crippen molar-refractivity contribution in [2.75, 3.05) is 19.8 Å². The van der Waals surface area contributed by atoms with Gasteiger partial charge in [0.15, 0.2) is 5.58 Å². The Morgan fingerprint density at radius 1 is 1.13 bits per heavy atom. The van der Waals surface area contributed by atoms with E-state index in [1.165, 1.54) is 0 Å². The van der Waals surface area contributed by atoms with Gasteiger partial charge in [-0.1, -0.05) is 41.4 Å². The highest BCUT2D eigenvalue weighted by molar-refractivity contribution is 6.35. The number of oxazole rings is 1. The quantitative estimate of drug-likeness (QED) is 0.558. The molecule has 0 unspecified atom stereocenters. The monoisotopic (exact) mass is 462 g/mol. The number of halogens is 2. The summed E-state index contributed by atoms with van der Waals surface area (Å²) < 4.78 is 12.4. The molecule has 1 aliphatic rings. The second-order valence-electron chi connectivity index (χ2n) is 7.88. The first-order chi connectivity index (χ1) is 15.0. The van der Waals surface area contributed by atoms with Gasteiger partial charge in [0.05, 0.1) is 5.52 Å². The molecular formula is C23H24Cl2N2O4. The Balaban J connectivity index is 1.38. The topological polar surface area (TPSA) is 73.5 Å². The van der Waals surface area contributed by atoms with Crippen LogP contribution in [0, 0.1) is 0 Å². The summed E-state index contributed by atoms with van der Waals surface area (Å²) >= 11 is 12.6. The van der Waals surface area contributed by atoms with Crippen molar-refractivity contribution in [2.24, 2.45) is 0 Å². The number of ether oxygens (including phenoxy) is 1. The van der Waals surface area contributed by atoms with Gasteiger partial charge in [-0.05, 0) is 49.1 Å². The van der Waals surface area contributed by atoms with E-state index in [4.69, 9.17) is 32.4 Å². The zero-order valence-corrected chi connectivity index (χ0v) is 18.5. The Hall–Kier alpha value is -2.28. The number of nitrogens with one attached hydrogen (secondary N) is 1. The lowest BCUT2D eigenvalue weighted by molar-refractivity contribution is -0.121. The molecule has 2 heterocycles. The summed E-state index contributed by atoms with van der Waals surface area (Å²) in [6.45, 7) is 2.13. The van der Waals surface area contributed by atoms with Crippen molar-refractivity contribution in [1.29, 1.82) is 0 Å². The molecule has 0 bridgehead atoms. The zero-order chi connectivity index (χ0) is 21.8. The Kier molecular flexibility index (Phi) is 6.70. The highest BCUT2D eigenvalue weighted by Gasteiger charge is 2.36. The number of para-hydroxylation sites is 2. The molecule has 1 amide bonds. The van der Waals surface area contributed by atoms with Gasteiger partial charge in [0.25, 0.3) is 0 Å².